The van der Waals surface area contributed by atoms with Crippen LogP contribution in [0.15, 0.2) is 59.8 Å². The molecule has 2 atom stereocenters. The molecule has 0 saturated carbocycles. The van der Waals surface area contributed by atoms with Gasteiger partial charge >= 0.3 is 0 Å². The minimum Gasteiger partial charge on any atom is -0.497 e. The van der Waals surface area contributed by atoms with E-state index in [-0.39, 0.29) is 11.9 Å². The van der Waals surface area contributed by atoms with Crippen molar-refractivity contribution in [3.63, 3.8) is 0 Å². The average molecular weight is 395 g/mol. The third kappa shape index (κ3) is 3.55. The lowest BCUT2D eigenvalue weighted by Gasteiger charge is -2.33. The molecule has 1 aliphatic heterocycles. The molecular weight excluding hydrogens is 374 g/mol. The normalized spacial score (nSPS) is 18.1. The molecule has 1 aliphatic rings. The molecular formula is C20H21N5O2S. The van der Waals surface area contributed by atoms with E-state index in [4.69, 9.17) is 4.74 Å². The van der Waals surface area contributed by atoms with Crippen molar-refractivity contribution in [2.24, 2.45) is 0 Å². The lowest BCUT2D eigenvalue weighted by Crippen LogP contribution is -2.41. The summed E-state index contributed by atoms with van der Waals surface area (Å²) in [6.07, 6.45) is 0.753. The number of thioether (sulfide) groups is 1. The zero-order valence-electron chi connectivity index (χ0n) is 15.6. The first kappa shape index (κ1) is 18.4. The summed E-state index contributed by atoms with van der Waals surface area (Å²) in [6.45, 7) is 2.03. The number of fused-ring (bicyclic) bond motifs is 1. The molecule has 7 nitrogen and oxygen atoms in total. The lowest BCUT2D eigenvalue weighted by molar-refractivity contribution is -0.116. The molecule has 2 N–H and O–H groups in total. The number of methoxy groups -OCH3 is 1. The van der Waals surface area contributed by atoms with Gasteiger partial charge in [-0.25, -0.2) is 4.68 Å². The molecule has 8 heteroatoms. The quantitative estimate of drug-likeness (QED) is 0.690. The number of amides is 1. The van der Waals surface area contributed by atoms with Gasteiger partial charge in [0, 0.05) is 18.2 Å². The smallest absolute Gasteiger partial charge is 0.240 e. The SMILES string of the molecule is CCc1nnc2n1NC(c1ccccc1)C(C(=O)Nc1cccc(OC)c1)S2. The molecule has 0 fully saturated rings. The Kier molecular flexibility index (Phi) is 5.21. The Labute approximate surface area is 167 Å². The molecule has 0 saturated heterocycles. The number of anilines is 1. The van der Waals surface area contributed by atoms with Crippen molar-refractivity contribution in [1.29, 1.82) is 0 Å². The third-order valence-corrected chi connectivity index (χ3v) is 5.79. The minimum atomic E-state index is -0.407. The Bertz CT molecular complexity index is 976. The Morgan fingerprint density at radius 3 is 2.79 bits per heavy atom. The van der Waals surface area contributed by atoms with E-state index in [0.717, 1.165) is 17.8 Å². The van der Waals surface area contributed by atoms with Gasteiger partial charge in [0.05, 0.1) is 13.2 Å². The fourth-order valence-corrected chi connectivity index (χ4v) is 4.25. The maximum atomic E-state index is 13.2. The van der Waals surface area contributed by atoms with Crippen LogP contribution in [0.25, 0.3) is 0 Å². The summed E-state index contributed by atoms with van der Waals surface area (Å²) in [5.41, 5.74) is 5.16. The summed E-state index contributed by atoms with van der Waals surface area (Å²) in [5.74, 6) is 1.43. The molecule has 2 unspecified atom stereocenters. The summed E-state index contributed by atoms with van der Waals surface area (Å²) >= 11 is 1.42. The van der Waals surface area contributed by atoms with Crippen LogP contribution in [0.2, 0.25) is 0 Å². The third-order valence-electron chi connectivity index (χ3n) is 4.57. The predicted molar refractivity (Wildman–Crippen MR) is 109 cm³/mol. The number of hydrogen-bond donors (Lipinski definition) is 2. The largest absolute Gasteiger partial charge is 0.497 e. The number of ether oxygens (including phenoxy) is 1. The van der Waals surface area contributed by atoms with Gasteiger partial charge in [0.1, 0.15) is 11.0 Å². The van der Waals surface area contributed by atoms with Crippen LogP contribution in [0.3, 0.4) is 0 Å². The predicted octanol–water partition coefficient (Wildman–Crippen LogP) is 3.25. The Morgan fingerprint density at radius 1 is 1.21 bits per heavy atom. The minimum absolute atomic E-state index is 0.105. The van der Waals surface area contributed by atoms with Gasteiger partial charge in [-0.1, -0.05) is 55.1 Å². The van der Waals surface area contributed by atoms with Crippen molar-refractivity contribution < 1.29 is 9.53 Å². The molecule has 0 bridgehead atoms. The molecule has 3 aromatic rings. The summed E-state index contributed by atoms with van der Waals surface area (Å²) in [4.78, 5) is 13.2. The van der Waals surface area contributed by atoms with Crippen molar-refractivity contribution in [3.05, 3.63) is 66.0 Å². The van der Waals surface area contributed by atoms with E-state index in [1.54, 1.807) is 13.2 Å². The number of carbonyl (C=O) groups excluding carboxylic acids is 1. The van der Waals surface area contributed by atoms with Crippen molar-refractivity contribution >= 4 is 23.4 Å². The molecule has 2 aromatic carbocycles. The van der Waals surface area contributed by atoms with Gasteiger partial charge < -0.3 is 15.5 Å². The molecule has 0 aliphatic carbocycles. The second-order valence-electron chi connectivity index (χ2n) is 6.36. The van der Waals surface area contributed by atoms with Gasteiger partial charge in [0.15, 0.2) is 5.82 Å². The summed E-state index contributed by atoms with van der Waals surface area (Å²) in [5, 5.41) is 11.7. The topological polar surface area (TPSA) is 81.1 Å². The number of rotatable bonds is 5. The Hall–Kier alpha value is -3.00. The van der Waals surface area contributed by atoms with Gasteiger partial charge in [-0.15, -0.1) is 10.2 Å². The summed E-state index contributed by atoms with van der Waals surface area (Å²) in [6, 6.07) is 17.1. The maximum absolute atomic E-state index is 13.2. The van der Waals surface area contributed by atoms with E-state index in [1.165, 1.54) is 11.8 Å². The van der Waals surface area contributed by atoms with E-state index in [1.807, 2.05) is 60.1 Å². The van der Waals surface area contributed by atoms with Crippen LogP contribution in [0.4, 0.5) is 5.69 Å². The number of aryl methyl sites for hydroxylation is 1. The first-order valence-corrected chi connectivity index (χ1v) is 9.95. The molecule has 144 valence electrons. The maximum Gasteiger partial charge on any atom is 0.240 e. The fraction of sp³-hybridized carbons (Fsp3) is 0.250. The zero-order valence-corrected chi connectivity index (χ0v) is 16.4. The second kappa shape index (κ2) is 7.93. The standard InChI is InChI=1S/C20H21N5O2S/c1-3-16-22-23-20-25(16)24-17(13-8-5-4-6-9-13)18(28-20)19(26)21-14-10-7-11-15(12-14)27-2/h4-12,17-18,24H,3H2,1-2H3,(H,21,26). The van der Waals surface area contributed by atoms with E-state index in [9.17, 15) is 4.79 Å². The van der Waals surface area contributed by atoms with Crippen LogP contribution >= 0.6 is 11.8 Å². The summed E-state index contributed by atoms with van der Waals surface area (Å²) in [7, 11) is 1.60. The van der Waals surface area contributed by atoms with Crippen LogP contribution in [-0.2, 0) is 11.2 Å². The van der Waals surface area contributed by atoms with Gasteiger partial charge in [-0.05, 0) is 17.7 Å². The van der Waals surface area contributed by atoms with Crippen LogP contribution in [0.5, 0.6) is 5.75 Å². The van der Waals surface area contributed by atoms with E-state index < -0.39 is 5.25 Å². The lowest BCUT2D eigenvalue weighted by atomic mass is 10.0. The van der Waals surface area contributed by atoms with E-state index in [0.29, 0.717) is 16.6 Å². The van der Waals surface area contributed by atoms with E-state index >= 15 is 0 Å². The van der Waals surface area contributed by atoms with Crippen LogP contribution in [0.1, 0.15) is 24.4 Å². The van der Waals surface area contributed by atoms with Crippen LogP contribution < -0.4 is 15.5 Å². The Balaban J connectivity index is 1.65. The molecule has 0 radical (unpaired) electrons. The molecule has 1 aromatic heterocycles. The molecule has 4 rings (SSSR count). The zero-order chi connectivity index (χ0) is 19.5. The van der Waals surface area contributed by atoms with Gasteiger partial charge in [0.2, 0.25) is 11.1 Å². The Morgan fingerprint density at radius 2 is 2.04 bits per heavy atom. The van der Waals surface area contributed by atoms with Crippen molar-refractivity contribution in [1.82, 2.24) is 14.9 Å². The van der Waals surface area contributed by atoms with Gasteiger partial charge in [-0.3, -0.25) is 4.79 Å². The number of nitrogens with zero attached hydrogens (tertiary/aromatic N) is 3. The van der Waals surface area contributed by atoms with E-state index in [2.05, 4.69) is 20.9 Å². The fourth-order valence-electron chi connectivity index (χ4n) is 3.15. The first-order chi connectivity index (χ1) is 13.7. The van der Waals surface area contributed by atoms with Crippen LogP contribution in [0, 0.1) is 0 Å². The molecule has 28 heavy (non-hydrogen) atoms. The average Bonchev–Trinajstić information content (AvgIpc) is 3.15. The highest BCUT2D eigenvalue weighted by Gasteiger charge is 2.37. The van der Waals surface area contributed by atoms with Crippen molar-refractivity contribution in [2.45, 2.75) is 29.8 Å². The first-order valence-electron chi connectivity index (χ1n) is 9.07. The number of benzene rings is 2. The molecule has 2 heterocycles. The summed E-state index contributed by atoms with van der Waals surface area (Å²) < 4.78 is 7.13. The van der Waals surface area contributed by atoms with Crippen molar-refractivity contribution in [3.8, 4) is 5.75 Å². The van der Waals surface area contributed by atoms with Crippen molar-refractivity contribution in [2.75, 3.05) is 17.9 Å². The van der Waals surface area contributed by atoms with Gasteiger partial charge in [-0.2, -0.15) is 0 Å². The number of carbonyl (C=O) groups is 1. The number of aromatic nitrogens is 3. The highest BCUT2D eigenvalue weighted by Crippen LogP contribution is 2.37. The highest BCUT2D eigenvalue weighted by molar-refractivity contribution is 8.00. The second-order valence-corrected chi connectivity index (χ2v) is 7.47. The van der Waals surface area contributed by atoms with Gasteiger partial charge in [0.25, 0.3) is 0 Å². The van der Waals surface area contributed by atoms with Crippen LogP contribution in [-0.4, -0.2) is 33.1 Å². The molecule has 0 spiro atoms. The number of hydrogen-bond acceptors (Lipinski definition) is 6. The molecule has 1 amide bonds. The highest BCUT2D eigenvalue weighted by atomic mass is 32.2. The number of nitrogens with one attached hydrogen (secondary N) is 2. The monoisotopic (exact) mass is 395 g/mol.